The summed E-state index contributed by atoms with van der Waals surface area (Å²) in [5.74, 6) is 2.41. The summed E-state index contributed by atoms with van der Waals surface area (Å²) < 4.78 is 0. The molecular formula is C22H38N2O2. The quantitative estimate of drug-likeness (QED) is 0.405. The van der Waals surface area contributed by atoms with Crippen molar-refractivity contribution >= 4 is 11.4 Å². The number of nitrogens with zero attached hydrogens (tertiary/aromatic N) is 2. The van der Waals surface area contributed by atoms with Gasteiger partial charge in [0.15, 0.2) is 0 Å². The van der Waals surface area contributed by atoms with E-state index in [0.29, 0.717) is 0 Å². The molecule has 0 N–H and O–H groups in total. The van der Waals surface area contributed by atoms with Gasteiger partial charge in [0.2, 0.25) is 0 Å². The second-order valence-electron chi connectivity index (χ2n) is 8.14. The summed E-state index contributed by atoms with van der Waals surface area (Å²) in [6, 6.07) is 5.45. The molecule has 0 amide bonds. The zero-order valence-electron chi connectivity index (χ0n) is 17.6. The largest absolute Gasteiger partial charge is 0.371 e. The van der Waals surface area contributed by atoms with Crippen LogP contribution in [0, 0.1) is 34.8 Å². The number of rotatable bonds is 7. The molecule has 1 aliphatic heterocycles. The van der Waals surface area contributed by atoms with Crippen LogP contribution in [0.15, 0.2) is 18.2 Å². The monoisotopic (exact) mass is 362 g/mol. The molecule has 4 nitrogen and oxygen atoms in total. The predicted octanol–water partition coefficient (Wildman–Crippen LogP) is 6.61. The van der Waals surface area contributed by atoms with Crippen LogP contribution in [0.2, 0.25) is 0 Å². The second-order valence-corrected chi connectivity index (χ2v) is 8.14. The van der Waals surface area contributed by atoms with Gasteiger partial charge in [0.1, 0.15) is 0 Å². The zero-order chi connectivity index (χ0) is 19.7. The summed E-state index contributed by atoms with van der Waals surface area (Å²) in [5, 5.41) is 10.8. The first-order valence-electron chi connectivity index (χ1n) is 10.3. The van der Waals surface area contributed by atoms with Crippen LogP contribution < -0.4 is 4.90 Å². The number of unbranched alkanes of at least 4 members (excludes halogenated alkanes) is 1. The number of nitro groups is 1. The minimum Gasteiger partial charge on any atom is -0.371 e. The molecular weight excluding hydrogens is 324 g/mol. The van der Waals surface area contributed by atoms with E-state index in [1.807, 2.05) is 19.1 Å². The van der Waals surface area contributed by atoms with Gasteiger partial charge in [0, 0.05) is 30.4 Å². The van der Waals surface area contributed by atoms with Gasteiger partial charge in [-0.2, -0.15) is 0 Å². The lowest BCUT2D eigenvalue weighted by molar-refractivity contribution is -0.385. The van der Waals surface area contributed by atoms with Crippen molar-refractivity contribution in [2.75, 3.05) is 18.0 Å². The molecule has 2 unspecified atom stereocenters. The molecule has 1 aromatic rings. The third kappa shape index (κ3) is 6.97. The van der Waals surface area contributed by atoms with Gasteiger partial charge < -0.3 is 4.90 Å². The van der Waals surface area contributed by atoms with E-state index in [1.54, 1.807) is 6.07 Å². The van der Waals surface area contributed by atoms with Crippen molar-refractivity contribution in [1.82, 2.24) is 0 Å². The molecule has 26 heavy (non-hydrogen) atoms. The molecule has 1 aliphatic rings. The van der Waals surface area contributed by atoms with Crippen molar-refractivity contribution < 1.29 is 4.92 Å². The molecule has 0 aromatic heterocycles. The number of benzene rings is 1. The summed E-state index contributed by atoms with van der Waals surface area (Å²) >= 11 is 0. The Hall–Kier alpha value is -1.58. The highest BCUT2D eigenvalue weighted by atomic mass is 16.6. The smallest absolute Gasteiger partial charge is 0.272 e. The van der Waals surface area contributed by atoms with Crippen LogP contribution in [0.25, 0.3) is 0 Å². The lowest BCUT2D eigenvalue weighted by atomic mass is 9.91. The van der Waals surface area contributed by atoms with Crippen molar-refractivity contribution in [3.05, 3.63) is 33.9 Å². The van der Waals surface area contributed by atoms with Crippen molar-refractivity contribution in [2.24, 2.45) is 17.8 Å². The third-order valence-electron chi connectivity index (χ3n) is 5.55. The average Bonchev–Trinajstić information content (AvgIpc) is 3.09. The van der Waals surface area contributed by atoms with Gasteiger partial charge in [-0.25, -0.2) is 0 Å². The van der Waals surface area contributed by atoms with Crippen LogP contribution in [0.1, 0.15) is 72.3 Å². The highest BCUT2D eigenvalue weighted by molar-refractivity contribution is 5.55. The summed E-state index contributed by atoms with van der Waals surface area (Å²) in [5.41, 5.74) is 2.07. The highest BCUT2D eigenvalue weighted by Crippen LogP contribution is 2.31. The van der Waals surface area contributed by atoms with Crippen molar-refractivity contribution in [3.8, 4) is 0 Å². The third-order valence-corrected chi connectivity index (χ3v) is 5.55. The topological polar surface area (TPSA) is 46.4 Å². The maximum absolute atomic E-state index is 10.8. The first-order valence-corrected chi connectivity index (χ1v) is 10.3. The molecule has 1 aromatic carbocycles. The van der Waals surface area contributed by atoms with E-state index in [-0.39, 0.29) is 10.6 Å². The van der Waals surface area contributed by atoms with Gasteiger partial charge in [-0.1, -0.05) is 60.3 Å². The van der Waals surface area contributed by atoms with E-state index in [9.17, 15) is 10.1 Å². The fourth-order valence-electron chi connectivity index (χ4n) is 3.47. The number of anilines is 1. The number of hydrogen-bond donors (Lipinski definition) is 0. The van der Waals surface area contributed by atoms with E-state index in [1.165, 1.54) is 32.1 Å². The molecule has 1 fully saturated rings. The minimum absolute atomic E-state index is 0.210. The first kappa shape index (κ1) is 22.5. The number of nitro benzene ring substituents is 1. The first-order chi connectivity index (χ1) is 12.3. The maximum atomic E-state index is 10.8. The standard InChI is InChI=1S/C15H22N2O2.C7H16/c1-4-11(2)13-7-8-16(10-13)14-5-6-15(17(18)19)12(3)9-14;1-4-5-6-7(2)3/h5-6,9,11,13H,4,7-8,10H2,1-3H3;7H,4-6H2,1-3H3. The summed E-state index contributed by atoms with van der Waals surface area (Å²) in [7, 11) is 0. The summed E-state index contributed by atoms with van der Waals surface area (Å²) in [6.07, 6.45) is 6.59. The predicted molar refractivity (Wildman–Crippen MR) is 112 cm³/mol. The molecule has 0 spiro atoms. The Kier molecular flexibility index (Phi) is 9.68. The van der Waals surface area contributed by atoms with Crippen LogP contribution in [0.3, 0.4) is 0 Å². The van der Waals surface area contributed by atoms with Gasteiger partial charge in [-0.15, -0.1) is 0 Å². The van der Waals surface area contributed by atoms with Crippen LogP contribution in [0.4, 0.5) is 11.4 Å². The molecule has 0 radical (unpaired) electrons. The van der Waals surface area contributed by atoms with Gasteiger partial charge in [-0.3, -0.25) is 10.1 Å². The molecule has 1 saturated heterocycles. The van der Waals surface area contributed by atoms with Crippen LogP contribution in [-0.4, -0.2) is 18.0 Å². The molecule has 0 bridgehead atoms. The molecule has 1 heterocycles. The molecule has 0 saturated carbocycles. The fourth-order valence-corrected chi connectivity index (χ4v) is 3.47. The SMILES string of the molecule is CCC(C)C1CCN(c2ccc([N+](=O)[O-])c(C)c2)C1.CCCCC(C)C. The molecule has 2 atom stereocenters. The molecule has 0 aliphatic carbocycles. The highest BCUT2D eigenvalue weighted by Gasteiger charge is 2.26. The summed E-state index contributed by atoms with van der Waals surface area (Å²) in [6.45, 7) is 15.3. The van der Waals surface area contributed by atoms with Crippen molar-refractivity contribution in [2.45, 2.75) is 73.6 Å². The van der Waals surface area contributed by atoms with Crippen LogP contribution in [-0.2, 0) is 0 Å². The van der Waals surface area contributed by atoms with E-state index in [0.717, 1.165) is 42.1 Å². The Bertz CT molecular complexity index is 557. The Morgan fingerprint density at radius 3 is 2.42 bits per heavy atom. The van der Waals surface area contributed by atoms with Crippen molar-refractivity contribution in [1.29, 1.82) is 0 Å². The Morgan fingerprint density at radius 1 is 1.27 bits per heavy atom. The Morgan fingerprint density at radius 2 is 1.96 bits per heavy atom. The van der Waals surface area contributed by atoms with E-state index < -0.39 is 0 Å². The Labute approximate surface area is 160 Å². The van der Waals surface area contributed by atoms with E-state index in [4.69, 9.17) is 0 Å². The van der Waals surface area contributed by atoms with Gasteiger partial charge in [-0.05, 0) is 43.2 Å². The van der Waals surface area contributed by atoms with Crippen LogP contribution in [0.5, 0.6) is 0 Å². The molecule has 2 rings (SSSR count). The maximum Gasteiger partial charge on any atom is 0.272 e. The fraction of sp³-hybridized carbons (Fsp3) is 0.727. The van der Waals surface area contributed by atoms with Gasteiger partial charge in [0.25, 0.3) is 5.69 Å². The summed E-state index contributed by atoms with van der Waals surface area (Å²) in [4.78, 5) is 12.9. The lowest BCUT2D eigenvalue weighted by Crippen LogP contribution is -2.21. The second kappa shape index (κ2) is 11.2. The molecule has 4 heteroatoms. The van der Waals surface area contributed by atoms with E-state index >= 15 is 0 Å². The minimum atomic E-state index is -0.314. The Balaban J connectivity index is 0.000000412. The normalized spacial score (nSPS) is 17.8. The number of aryl methyl sites for hydroxylation is 1. The van der Waals surface area contributed by atoms with Crippen LogP contribution >= 0.6 is 0 Å². The van der Waals surface area contributed by atoms with E-state index in [2.05, 4.69) is 39.5 Å². The van der Waals surface area contributed by atoms with Crippen molar-refractivity contribution in [3.63, 3.8) is 0 Å². The lowest BCUT2D eigenvalue weighted by Gasteiger charge is -2.21. The van der Waals surface area contributed by atoms with Gasteiger partial charge in [0.05, 0.1) is 4.92 Å². The number of hydrogen-bond acceptors (Lipinski definition) is 3. The zero-order valence-corrected chi connectivity index (χ0v) is 17.6. The van der Waals surface area contributed by atoms with Gasteiger partial charge >= 0.3 is 0 Å². The molecule has 148 valence electrons. The average molecular weight is 363 g/mol.